The number of hydrogen-bond acceptors (Lipinski definition) is 4. The third-order valence-corrected chi connectivity index (χ3v) is 5.41. The second kappa shape index (κ2) is 9.67. The minimum atomic E-state index is 0.290. The highest BCUT2D eigenvalue weighted by atomic mass is 32.2. The Bertz CT molecular complexity index is 466. The Morgan fingerprint density at radius 1 is 1.30 bits per heavy atom. The average molecular weight is 337 g/mol. The fourth-order valence-electron chi connectivity index (χ4n) is 3.27. The van der Waals surface area contributed by atoms with Gasteiger partial charge in [-0.25, -0.2) is 0 Å². The molecule has 23 heavy (non-hydrogen) atoms. The van der Waals surface area contributed by atoms with Crippen LogP contribution >= 0.6 is 11.8 Å². The van der Waals surface area contributed by atoms with Crippen molar-refractivity contribution in [2.75, 3.05) is 39.0 Å². The number of aliphatic hydroxyl groups is 1. The fraction of sp³-hybridized carbons (Fsp3) is 0.684. The van der Waals surface area contributed by atoms with Crippen molar-refractivity contribution < 1.29 is 5.11 Å². The van der Waals surface area contributed by atoms with Crippen LogP contribution in [0.4, 0.5) is 0 Å². The Morgan fingerprint density at radius 3 is 2.83 bits per heavy atom. The molecule has 1 aromatic carbocycles. The van der Waals surface area contributed by atoms with Crippen LogP contribution in [0.2, 0.25) is 0 Å². The lowest BCUT2D eigenvalue weighted by molar-refractivity contribution is 0.0524. The first-order chi connectivity index (χ1) is 11.1. The molecule has 0 spiro atoms. The van der Waals surface area contributed by atoms with E-state index in [0.717, 1.165) is 45.1 Å². The van der Waals surface area contributed by atoms with Crippen LogP contribution < -0.4 is 0 Å². The molecule has 1 aliphatic rings. The molecule has 1 N–H and O–H groups in total. The molecule has 1 aromatic rings. The third kappa shape index (κ3) is 6.11. The first-order valence-corrected chi connectivity index (χ1v) is 10.0. The summed E-state index contributed by atoms with van der Waals surface area (Å²) in [6.45, 7) is 10.4. The number of nitrogens with zero attached hydrogens (tertiary/aromatic N) is 2. The molecule has 2 rings (SSSR count). The monoisotopic (exact) mass is 336 g/mol. The lowest BCUT2D eigenvalue weighted by atomic mass is 10.0. The lowest BCUT2D eigenvalue weighted by Crippen LogP contribution is -2.53. The summed E-state index contributed by atoms with van der Waals surface area (Å²) in [5.41, 5.74) is 1.40. The van der Waals surface area contributed by atoms with Gasteiger partial charge in [-0.2, -0.15) is 0 Å². The molecular weight excluding hydrogens is 304 g/mol. The highest BCUT2D eigenvalue weighted by Crippen LogP contribution is 2.20. The number of hydrogen-bond donors (Lipinski definition) is 1. The largest absolute Gasteiger partial charge is 0.396 e. The summed E-state index contributed by atoms with van der Waals surface area (Å²) >= 11 is 1.80. The molecule has 3 nitrogen and oxygen atoms in total. The predicted molar refractivity (Wildman–Crippen MR) is 100 cm³/mol. The third-order valence-electron chi connectivity index (χ3n) is 4.69. The number of thioether (sulfide) groups is 1. The second-order valence-electron chi connectivity index (χ2n) is 6.97. The predicted octanol–water partition coefficient (Wildman–Crippen LogP) is 3.32. The van der Waals surface area contributed by atoms with Gasteiger partial charge in [0.25, 0.3) is 0 Å². The smallest absolute Gasteiger partial charge is 0.0446 e. The van der Waals surface area contributed by atoms with Gasteiger partial charge in [0.15, 0.2) is 0 Å². The number of rotatable bonds is 8. The van der Waals surface area contributed by atoms with Gasteiger partial charge in [-0.3, -0.25) is 9.80 Å². The van der Waals surface area contributed by atoms with E-state index in [4.69, 9.17) is 0 Å². The van der Waals surface area contributed by atoms with Crippen molar-refractivity contribution in [2.45, 2.75) is 44.2 Å². The quantitative estimate of drug-likeness (QED) is 0.737. The van der Waals surface area contributed by atoms with Gasteiger partial charge in [0.05, 0.1) is 0 Å². The summed E-state index contributed by atoms with van der Waals surface area (Å²) in [4.78, 5) is 6.47. The molecule has 1 atom stereocenters. The van der Waals surface area contributed by atoms with Crippen molar-refractivity contribution in [2.24, 2.45) is 5.92 Å². The highest BCUT2D eigenvalue weighted by molar-refractivity contribution is 7.98. The standard InChI is InChI=1S/C19H32N2OS/c1-16(2)7-9-21-11-10-20(15-18(21)8-12-22)14-17-5-4-6-19(13-17)23-3/h4-6,13,16,18,22H,7-12,14-15H2,1-3H3/t18-/m0/s1. The maximum Gasteiger partial charge on any atom is 0.0446 e. The van der Waals surface area contributed by atoms with Crippen LogP contribution in [0.1, 0.15) is 32.3 Å². The van der Waals surface area contributed by atoms with Gasteiger partial charge in [-0.05, 0) is 49.3 Å². The van der Waals surface area contributed by atoms with E-state index in [2.05, 4.69) is 54.2 Å². The van der Waals surface area contributed by atoms with E-state index in [1.807, 2.05) is 0 Å². The van der Waals surface area contributed by atoms with Gasteiger partial charge < -0.3 is 5.11 Å². The van der Waals surface area contributed by atoms with Crippen LogP contribution in [0.25, 0.3) is 0 Å². The number of piperazine rings is 1. The van der Waals surface area contributed by atoms with Crippen LogP contribution in [0.15, 0.2) is 29.2 Å². The molecule has 0 aromatic heterocycles. The van der Waals surface area contributed by atoms with E-state index >= 15 is 0 Å². The molecule has 0 saturated carbocycles. The van der Waals surface area contributed by atoms with E-state index in [9.17, 15) is 5.11 Å². The Kier molecular flexibility index (Phi) is 7.90. The molecule has 1 aliphatic heterocycles. The van der Waals surface area contributed by atoms with Crippen molar-refractivity contribution in [3.63, 3.8) is 0 Å². The van der Waals surface area contributed by atoms with Crippen molar-refractivity contribution in [3.8, 4) is 0 Å². The van der Waals surface area contributed by atoms with Crippen LogP contribution in [0.5, 0.6) is 0 Å². The van der Waals surface area contributed by atoms with Crippen LogP contribution in [0, 0.1) is 5.92 Å². The van der Waals surface area contributed by atoms with Crippen molar-refractivity contribution >= 4 is 11.8 Å². The van der Waals surface area contributed by atoms with Gasteiger partial charge in [0.2, 0.25) is 0 Å². The number of aliphatic hydroxyl groups excluding tert-OH is 1. The molecule has 0 aliphatic carbocycles. The second-order valence-corrected chi connectivity index (χ2v) is 7.85. The fourth-order valence-corrected chi connectivity index (χ4v) is 3.76. The van der Waals surface area contributed by atoms with Crippen molar-refractivity contribution in [1.82, 2.24) is 9.80 Å². The van der Waals surface area contributed by atoms with E-state index in [1.54, 1.807) is 11.8 Å². The van der Waals surface area contributed by atoms with Crippen LogP contribution in [-0.4, -0.2) is 60.0 Å². The van der Waals surface area contributed by atoms with Crippen LogP contribution in [0.3, 0.4) is 0 Å². The van der Waals surface area contributed by atoms with Crippen LogP contribution in [-0.2, 0) is 6.54 Å². The topological polar surface area (TPSA) is 26.7 Å². The molecule has 0 unspecified atom stereocenters. The zero-order valence-corrected chi connectivity index (χ0v) is 15.7. The van der Waals surface area contributed by atoms with Gasteiger partial charge in [0, 0.05) is 43.7 Å². The summed E-state index contributed by atoms with van der Waals surface area (Å²) in [6.07, 6.45) is 4.26. The zero-order chi connectivity index (χ0) is 16.7. The van der Waals surface area contributed by atoms with Crippen molar-refractivity contribution in [1.29, 1.82) is 0 Å². The highest BCUT2D eigenvalue weighted by Gasteiger charge is 2.26. The average Bonchev–Trinajstić information content (AvgIpc) is 2.54. The normalized spacial score (nSPS) is 20.3. The van der Waals surface area contributed by atoms with E-state index in [0.29, 0.717) is 12.6 Å². The number of benzene rings is 1. The molecule has 1 saturated heterocycles. The minimum absolute atomic E-state index is 0.290. The van der Waals surface area contributed by atoms with E-state index in [-0.39, 0.29) is 0 Å². The summed E-state index contributed by atoms with van der Waals surface area (Å²) in [6, 6.07) is 9.36. The molecule has 1 fully saturated rings. The molecule has 0 amide bonds. The van der Waals surface area contributed by atoms with E-state index < -0.39 is 0 Å². The molecule has 4 heteroatoms. The van der Waals surface area contributed by atoms with Gasteiger partial charge in [-0.15, -0.1) is 11.8 Å². The SMILES string of the molecule is CSc1cccc(CN2CCN(CCC(C)C)[C@@H](CCO)C2)c1. The molecular formula is C19H32N2OS. The minimum Gasteiger partial charge on any atom is -0.396 e. The molecule has 130 valence electrons. The molecule has 1 heterocycles. The van der Waals surface area contributed by atoms with Crippen molar-refractivity contribution in [3.05, 3.63) is 29.8 Å². The first kappa shape index (κ1) is 18.8. The molecule has 0 radical (unpaired) electrons. The summed E-state index contributed by atoms with van der Waals surface area (Å²) in [7, 11) is 0. The molecule has 0 bridgehead atoms. The zero-order valence-electron chi connectivity index (χ0n) is 14.9. The lowest BCUT2D eigenvalue weighted by Gasteiger charge is -2.41. The Balaban J connectivity index is 1.92. The Morgan fingerprint density at radius 2 is 2.13 bits per heavy atom. The first-order valence-electron chi connectivity index (χ1n) is 8.82. The Labute approximate surface area is 146 Å². The maximum absolute atomic E-state index is 9.41. The Hall–Kier alpha value is -0.550. The summed E-state index contributed by atoms with van der Waals surface area (Å²) in [5.74, 6) is 0.747. The van der Waals surface area contributed by atoms with Gasteiger partial charge >= 0.3 is 0 Å². The summed E-state index contributed by atoms with van der Waals surface area (Å²) < 4.78 is 0. The van der Waals surface area contributed by atoms with E-state index in [1.165, 1.54) is 16.9 Å². The van der Waals surface area contributed by atoms with Gasteiger partial charge in [0.1, 0.15) is 0 Å². The van der Waals surface area contributed by atoms with Gasteiger partial charge in [-0.1, -0.05) is 26.0 Å². The maximum atomic E-state index is 9.41. The summed E-state index contributed by atoms with van der Waals surface area (Å²) in [5, 5.41) is 9.41.